The predicted octanol–water partition coefficient (Wildman–Crippen LogP) is 3.21. The lowest BCUT2D eigenvalue weighted by Gasteiger charge is -2.07. The SMILES string of the molecule is COC(=O)C(=C1C=C(c2ccccc2)C(=O)O1)c1ccccc1. The van der Waals surface area contributed by atoms with E-state index in [1.165, 1.54) is 7.11 Å². The molecular formula is C19H14O4. The van der Waals surface area contributed by atoms with Gasteiger partial charge in [0.25, 0.3) is 0 Å². The molecule has 2 aromatic carbocycles. The van der Waals surface area contributed by atoms with E-state index in [4.69, 9.17) is 9.47 Å². The van der Waals surface area contributed by atoms with Crippen LogP contribution in [0.4, 0.5) is 0 Å². The molecule has 0 amide bonds. The number of carbonyl (C=O) groups is 2. The molecule has 0 atom stereocenters. The summed E-state index contributed by atoms with van der Waals surface area (Å²) in [5.41, 5.74) is 2.02. The van der Waals surface area contributed by atoms with Crippen molar-refractivity contribution in [3.8, 4) is 0 Å². The monoisotopic (exact) mass is 306 g/mol. The van der Waals surface area contributed by atoms with Crippen molar-refractivity contribution < 1.29 is 19.1 Å². The molecule has 0 spiro atoms. The summed E-state index contributed by atoms with van der Waals surface area (Å²) in [5, 5.41) is 0. The second-order valence-electron chi connectivity index (χ2n) is 4.91. The van der Waals surface area contributed by atoms with Crippen LogP contribution in [0.3, 0.4) is 0 Å². The third kappa shape index (κ3) is 2.92. The van der Waals surface area contributed by atoms with Crippen LogP contribution in [0.5, 0.6) is 0 Å². The second-order valence-corrected chi connectivity index (χ2v) is 4.91. The van der Waals surface area contributed by atoms with Crippen LogP contribution < -0.4 is 0 Å². The van der Waals surface area contributed by atoms with E-state index in [1.54, 1.807) is 30.3 Å². The van der Waals surface area contributed by atoms with Crippen LogP contribution in [0.2, 0.25) is 0 Å². The number of allylic oxidation sites excluding steroid dienone is 1. The van der Waals surface area contributed by atoms with Crippen molar-refractivity contribution in [2.45, 2.75) is 0 Å². The Hall–Kier alpha value is -3.14. The second kappa shape index (κ2) is 6.32. The highest BCUT2D eigenvalue weighted by molar-refractivity contribution is 6.24. The number of methoxy groups -OCH3 is 1. The van der Waals surface area contributed by atoms with E-state index < -0.39 is 11.9 Å². The van der Waals surface area contributed by atoms with Crippen molar-refractivity contribution in [2.24, 2.45) is 0 Å². The van der Waals surface area contributed by atoms with Gasteiger partial charge in [-0.1, -0.05) is 60.7 Å². The highest BCUT2D eigenvalue weighted by Crippen LogP contribution is 2.31. The lowest BCUT2D eigenvalue weighted by Crippen LogP contribution is -2.08. The lowest BCUT2D eigenvalue weighted by atomic mass is 10.0. The number of rotatable bonds is 3. The van der Waals surface area contributed by atoms with Gasteiger partial charge in [0, 0.05) is 0 Å². The first-order chi connectivity index (χ1) is 11.2. The molecule has 0 saturated carbocycles. The summed E-state index contributed by atoms with van der Waals surface area (Å²) < 4.78 is 10.2. The molecule has 1 aliphatic rings. The van der Waals surface area contributed by atoms with Gasteiger partial charge in [0.2, 0.25) is 0 Å². The highest BCUT2D eigenvalue weighted by atomic mass is 16.5. The summed E-state index contributed by atoms with van der Waals surface area (Å²) in [5.74, 6) is -0.833. The molecule has 0 N–H and O–H groups in total. The minimum absolute atomic E-state index is 0.201. The molecule has 0 fully saturated rings. The molecule has 1 aliphatic heterocycles. The number of esters is 2. The van der Waals surface area contributed by atoms with Gasteiger partial charge in [0.05, 0.1) is 12.7 Å². The molecule has 1 heterocycles. The smallest absolute Gasteiger partial charge is 0.344 e. The Morgan fingerprint density at radius 1 is 0.957 bits per heavy atom. The first-order valence-corrected chi connectivity index (χ1v) is 7.08. The summed E-state index contributed by atoms with van der Waals surface area (Å²) in [6.07, 6.45) is 1.58. The Bertz CT molecular complexity index is 802. The minimum atomic E-state index is -0.551. The van der Waals surface area contributed by atoms with E-state index in [-0.39, 0.29) is 11.3 Å². The number of carbonyl (C=O) groups excluding carboxylic acids is 2. The Kier molecular flexibility index (Phi) is 4.06. The van der Waals surface area contributed by atoms with Crippen LogP contribution in [0, 0.1) is 0 Å². The number of benzene rings is 2. The number of hydrogen-bond donors (Lipinski definition) is 0. The van der Waals surface area contributed by atoms with Gasteiger partial charge in [0.15, 0.2) is 0 Å². The molecule has 0 aliphatic carbocycles. The average molecular weight is 306 g/mol. The molecule has 0 aromatic heterocycles. The molecule has 4 heteroatoms. The van der Waals surface area contributed by atoms with Gasteiger partial charge in [-0.15, -0.1) is 0 Å². The highest BCUT2D eigenvalue weighted by Gasteiger charge is 2.28. The lowest BCUT2D eigenvalue weighted by molar-refractivity contribution is -0.134. The number of ether oxygens (including phenoxy) is 2. The fourth-order valence-corrected chi connectivity index (χ4v) is 2.38. The summed E-state index contributed by atoms with van der Waals surface area (Å²) in [7, 11) is 1.30. The molecule has 0 unspecified atom stereocenters. The summed E-state index contributed by atoms with van der Waals surface area (Å²) >= 11 is 0. The first kappa shape index (κ1) is 14.8. The van der Waals surface area contributed by atoms with Crippen molar-refractivity contribution >= 4 is 23.1 Å². The van der Waals surface area contributed by atoms with Crippen molar-refractivity contribution in [3.05, 3.63) is 83.6 Å². The third-order valence-electron chi connectivity index (χ3n) is 3.48. The van der Waals surface area contributed by atoms with E-state index >= 15 is 0 Å². The molecule has 0 bridgehead atoms. The van der Waals surface area contributed by atoms with Gasteiger partial charge >= 0.3 is 11.9 Å². The zero-order chi connectivity index (χ0) is 16.2. The largest absolute Gasteiger partial charge is 0.465 e. The van der Waals surface area contributed by atoms with Gasteiger partial charge in [-0.05, 0) is 17.2 Å². The Morgan fingerprint density at radius 3 is 2.17 bits per heavy atom. The molecule has 3 rings (SSSR count). The summed E-state index contributed by atoms with van der Waals surface area (Å²) in [6, 6.07) is 18.2. The molecule has 114 valence electrons. The van der Waals surface area contributed by atoms with Crippen molar-refractivity contribution in [3.63, 3.8) is 0 Å². The number of hydrogen-bond acceptors (Lipinski definition) is 4. The maximum absolute atomic E-state index is 12.2. The first-order valence-electron chi connectivity index (χ1n) is 7.08. The molecule has 0 saturated heterocycles. The standard InChI is InChI=1S/C19H14O4/c1-22-19(21)17(14-10-6-3-7-11-14)16-12-15(18(20)23-16)13-8-4-2-5-9-13/h2-12H,1H3. The fourth-order valence-electron chi connectivity index (χ4n) is 2.38. The van der Waals surface area contributed by atoms with Crippen molar-refractivity contribution in [1.29, 1.82) is 0 Å². The van der Waals surface area contributed by atoms with Crippen LogP contribution in [0.15, 0.2) is 72.5 Å². The molecule has 23 heavy (non-hydrogen) atoms. The Morgan fingerprint density at radius 2 is 1.57 bits per heavy atom. The van der Waals surface area contributed by atoms with Gasteiger partial charge in [0.1, 0.15) is 11.3 Å². The van der Waals surface area contributed by atoms with Crippen LogP contribution in [-0.2, 0) is 19.1 Å². The number of cyclic esters (lactones) is 1. The average Bonchev–Trinajstić information content (AvgIpc) is 2.98. The zero-order valence-corrected chi connectivity index (χ0v) is 12.5. The molecule has 2 aromatic rings. The zero-order valence-electron chi connectivity index (χ0n) is 12.5. The predicted molar refractivity (Wildman–Crippen MR) is 85.9 cm³/mol. The van der Waals surface area contributed by atoms with E-state index in [1.807, 2.05) is 36.4 Å². The minimum Gasteiger partial charge on any atom is -0.465 e. The van der Waals surface area contributed by atoms with Crippen LogP contribution in [-0.4, -0.2) is 19.0 Å². The maximum Gasteiger partial charge on any atom is 0.344 e. The Balaban J connectivity index is 2.13. The van der Waals surface area contributed by atoms with E-state index in [0.717, 1.165) is 5.56 Å². The third-order valence-corrected chi connectivity index (χ3v) is 3.48. The summed E-state index contributed by atoms with van der Waals surface area (Å²) in [4.78, 5) is 24.3. The van der Waals surface area contributed by atoms with E-state index in [0.29, 0.717) is 11.1 Å². The van der Waals surface area contributed by atoms with E-state index in [9.17, 15) is 9.59 Å². The van der Waals surface area contributed by atoms with Crippen LogP contribution in [0.1, 0.15) is 11.1 Å². The maximum atomic E-state index is 12.2. The van der Waals surface area contributed by atoms with Crippen molar-refractivity contribution in [1.82, 2.24) is 0 Å². The Labute approximate surface area is 133 Å². The quantitative estimate of drug-likeness (QED) is 0.645. The molecule has 0 radical (unpaired) electrons. The molecule has 4 nitrogen and oxygen atoms in total. The summed E-state index contributed by atoms with van der Waals surface area (Å²) in [6.45, 7) is 0. The van der Waals surface area contributed by atoms with Gasteiger partial charge < -0.3 is 9.47 Å². The normalized spacial score (nSPS) is 15.7. The van der Waals surface area contributed by atoms with Crippen LogP contribution in [0.25, 0.3) is 11.1 Å². The topological polar surface area (TPSA) is 52.6 Å². The fraction of sp³-hybridized carbons (Fsp3) is 0.0526. The molecular weight excluding hydrogens is 292 g/mol. The van der Waals surface area contributed by atoms with Gasteiger partial charge in [-0.3, -0.25) is 0 Å². The van der Waals surface area contributed by atoms with Crippen LogP contribution >= 0.6 is 0 Å². The van der Waals surface area contributed by atoms with E-state index in [2.05, 4.69) is 0 Å². The van der Waals surface area contributed by atoms with Gasteiger partial charge in [-0.25, -0.2) is 9.59 Å². The van der Waals surface area contributed by atoms with Gasteiger partial charge in [-0.2, -0.15) is 0 Å². The van der Waals surface area contributed by atoms with Crippen molar-refractivity contribution in [2.75, 3.05) is 7.11 Å².